The van der Waals surface area contributed by atoms with E-state index < -0.39 is 5.60 Å². The molecule has 182 valence electrons. The third-order valence-electron chi connectivity index (χ3n) is 6.07. The minimum atomic E-state index is -0.932. The van der Waals surface area contributed by atoms with E-state index in [1.165, 1.54) is 6.07 Å². The molecule has 0 saturated carbocycles. The highest BCUT2D eigenvalue weighted by Crippen LogP contribution is 2.34. The van der Waals surface area contributed by atoms with E-state index in [0.29, 0.717) is 52.0 Å². The topological polar surface area (TPSA) is 78.4 Å². The first-order valence-corrected chi connectivity index (χ1v) is 11.3. The summed E-state index contributed by atoms with van der Waals surface area (Å²) >= 11 is 0. The molecular weight excluding hydrogens is 526 g/mol. The Balaban J connectivity index is 0.00000363. The van der Waals surface area contributed by atoms with E-state index in [1.807, 2.05) is 19.9 Å². The number of benzene rings is 1. The Kier molecular flexibility index (Phi) is 11.1. The average molecular weight is 564 g/mol. The molecule has 2 saturated heterocycles. The second-order valence-corrected chi connectivity index (χ2v) is 8.84. The summed E-state index contributed by atoms with van der Waals surface area (Å²) in [5.41, 5.74) is -0.163. The van der Waals surface area contributed by atoms with Crippen molar-refractivity contribution in [2.24, 2.45) is 4.99 Å². The first-order chi connectivity index (χ1) is 14.9. The van der Waals surface area contributed by atoms with Crippen LogP contribution in [0.15, 0.2) is 29.3 Å². The van der Waals surface area contributed by atoms with E-state index in [2.05, 4.69) is 20.5 Å². The molecule has 32 heavy (non-hydrogen) atoms. The van der Waals surface area contributed by atoms with Crippen LogP contribution in [0.25, 0.3) is 0 Å². The molecule has 3 rings (SSSR count). The molecule has 0 aromatic heterocycles. The maximum atomic E-state index is 13.9. The lowest BCUT2D eigenvalue weighted by Crippen LogP contribution is -2.50. The van der Waals surface area contributed by atoms with Crippen molar-refractivity contribution >= 4 is 29.9 Å². The molecule has 2 aliphatic heterocycles. The van der Waals surface area contributed by atoms with E-state index in [4.69, 9.17) is 9.47 Å². The first kappa shape index (κ1) is 27.2. The Bertz CT molecular complexity index is 723. The molecule has 2 fully saturated rings. The fraction of sp³-hybridized carbons (Fsp3) is 0.696. The monoisotopic (exact) mass is 564 g/mol. The number of aliphatic hydroxyl groups is 1. The minimum Gasteiger partial charge on any atom is -0.387 e. The fourth-order valence-electron chi connectivity index (χ4n) is 4.28. The number of halogens is 2. The lowest BCUT2D eigenvalue weighted by molar-refractivity contribution is -0.0180. The molecular formula is C23H38FIN4O3. The largest absolute Gasteiger partial charge is 0.387 e. The molecule has 0 radical (unpaired) electrons. The van der Waals surface area contributed by atoms with Crippen LogP contribution in [0.1, 0.15) is 32.3 Å². The van der Waals surface area contributed by atoms with Crippen LogP contribution in [0.4, 0.5) is 4.39 Å². The molecule has 1 unspecified atom stereocenters. The highest BCUT2D eigenvalue weighted by Gasteiger charge is 2.35. The normalized spacial score (nSPS) is 21.3. The van der Waals surface area contributed by atoms with Crippen molar-refractivity contribution in [2.45, 2.75) is 37.7 Å². The molecule has 7 nitrogen and oxygen atoms in total. The molecule has 0 bridgehead atoms. The van der Waals surface area contributed by atoms with Crippen LogP contribution >= 0.6 is 24.0 Å². The van der Waals surface area contributed by atoms with Gasteiger partial charge in [0, 0.05) is 51.4 Å². The van der Waals surface area contributed by atoms with Gasteiger partial charge in [0.2, 0.25) is 0 Å². The third-order valence-corrected chi connectivity index (χ3v) is 6.07. The standard InChI is InChI=1S/C23H37FN4O3.HI/c1-3-25-21(26-16-22(2,29)18-28-9-13-31-14-10-28)27-17-23(7-11-30-12-8-23)19-5-4-6-20(24)15-19;/h4-6,15,29H,3,7-14,16-18H2,1-2H3,(H2,25,26,27);1H. The Hall–Kier alpha value is -1.01. The van der Waals surface area contributed by atoms with Gasteiger partial charge in [-0.25, -0.2) is 4.39 Å². The van der Waals surface area contributed by atoms with Crippen LogP contribution in [0.3, 0.4) is 0 Å². The van der Waals surface area contributed by atoms with Crippen LogP contribution < -0.4 is 10.6 Å². The number of nitrogens with zero attached hydrogens (tertiary/aromatic N) is 2. The molecule has 3 N–H and O–H groups in total. The van der Waals surface area contributed by atoms with Gasteiger partial charge in [0.25, 0.3) is 0 Å². The molecule has 1 atom stereocenters. The zero-order valence-electron chi connectivity index (χ0n) is 19.2. The van der Waals surface area contributed by atoms with Crippen molar-refractivity contribution in [3.05, 3.63) is 35.6 Å². The van der Waals surface area contributed by atoms with Crippen molar-refractivity contribution in [2.75, 3.05) is 65.7 Å². The maximum Gasteiger partial charge on any atom is 0.191 e. The van der Waals surface area contributed by atoms with E-state index >= 15 is 0 Å². The highest BCUT2D eigenvalue weighted by atomic mass is 127. The predicted octanol–water partition coefficient (Wildman–Crippen LogP) is 2.13. The smallest absolute Gasteiger partial charge is 0.191 e. The van der Waals surface area contributed by atoms with Crippen LogP contribution in [0.5, 0.6) is 0 Å². The van der Waals surface area contributed by atoms with Gasteiger partial charge in [-0.1, -0.05) is 12.1 Å². The minimum absolute atomic E-state index is 0. The quantitative estimate of drug-likeness (QED) is 0.255. The molecule has 2 aliphatic rings. The summed E-state index contributed by atoms with van der Waals surface area (Å²) in [5, 5.41) is 17.6. The van der Waals surface area contributed by atoms with Crippen molar-refractivity contribution in [1.29, 1.82) is 0 Å². The lowest BCUT2D eigenvalue weighted by atomic mass is 9.74. The summed E-state index contributed by atoms with van der Waals surface area (Å²) in [6, 6.07) is 6.87. The second-order valence-electron chi connectivity index (χ2n) is 8.84. The zero-order valence-corrected chi connectivity index (χ0v) is 21.6. The van der Waals surface area contributed by atoms with Gasteiger partial charge in [0.05, 0.1) is 25.4 Å². The van der Waals surface area contributed by atoms with Gasteiger partial charge in [-0.05, 0) is 44.4 Å². The molecule has 0 amide bonds. The SMILES string of the molecule is CCNC(=NCC(C)(O)CN1CCOCC1)NCC1(c2cccc(F)c2)CCOCC1.I. The summed E-state index contributed by atoms with van der Waals surface area (Å²) in [6.45, 7) is 10.4. The van der Waals surface area contributed by atoms with Crippen molar-refractivity contribution in [3.63, 3.8) is 0 Å². The van der Waals surface area contributed by atoms with E-state index in [1.54, 1.807) is 12.1 Å². The number of rotatable bonds is 8. The Morgan fingerprint density at radius 3 is 2.53 bits per heavy atom. The fourth-order valence-corrected chi connectivity index (χ4v) is 4.28. The number of hydrogen-bond donors (Lipinski definition) is 3. The summed E-state index contributed by atoms with van der Waals surface area (Å²) in [4.78, 5) is 6.87. The van der Waals surface area contributed by atoms with Crippen molar-refractivity contribution < 1.29 is 19.0 Å². The van der Waals surface area contributed by atoms with Crippen molar-refractivity contribution in [1.82, 2.24) is 15.5 Å². The van der Waals surface area contributed by atoms with Crippen molar-refractivity contribution in [3.8, 4) is 0 Å². The van der Waals surface area contributed by atoms with Crippen LogP contribution in [-0.4, -0.2) is 87.3 Å². The lowest BCUT2D eigenvalue weighted by Gasteiger charge is -2.38. The summed E-state index contributed by atoms with van der Waals surface area (Å²) in [7, 11) is 0. The van der Waals surface area contributed by atoms with E-state index in [0.717, 1.165) is 31.5 Å². The number of morpholine rings is 1. The number of hydrogen-bond acceptors (Lipinski definition) is 5. The number of ether oxygens (including phenoxy) is 2. The zero-order chi connectivity index (χ0) is 22.2. The molecule has 1 aromatic rings. The number of aliphatic imine (C=N–C) groups is 1. The molecule has 0 spiro atoms. The van der Waals surface area contributed by atoms with Crippen LogP contribution in [-0.2, 0) is 14.9 Å². The third kappa shape index (κ3) is 8.09. The van der Waals surface area contributed by atoms with Gasteiger partial charge in [-0.15, -0.1) is 24.0 Å². The van der Waals surface area contributed by atoms with Gasteiger partial charge < -0.3 is 25.2 Å². The summed E-state index contributed by atoms with van der Waals surface area (Å²) < 4.78 is 24.9. The Morgan fingerprint density at radius 1 is 1.19 bits per heavy atom. The summed E-state index contributed by atoms with van der Waals surface area (Å²) in [6.07, 6.45) is 1.63. The predicted molar refractivity (Wildman–Crippen MR) is 135 cm³/mol. The second kappa shape index (κ2) is 13.0. The molecule has 9 heteroatoms. The summed E-state index contributed by atoms with van der Waals surface area (Å²) in [5.74, 6) is 0.440. The number of β-amino-alcohol motifs (C(OH)–C–C–N with tert-alkyl or cyclic N) is 1. The molecule has 2 heterocycles. The van der Waals surface area contributed by atoms with Crippen LogP contribution in [0, 0.1) is 5.82 Å². The highest BCUT2D eigenvalue weighted by molar-refractivity contribution is 14.0. The maximum absolute atomic E-state index is 13.9. The number of guanidine groups is 1. The van der Waals surface area contributed by atoms with Gasteiger partial charge in [0.15, 0.2) is 5.96 Å². The average Bonchev–Trinajstić information content (AvgIpc) is 2.77. The van der Waals surface area contributed by atoms with Gasteiger partial charge in [-0.3, -0.25) is 9.89 Å². The molecule has 1 aromatic carbocycles. The number of nitrogens with one attached hydrogen (secondary N) is 2. The first-order valence-electron chi connectivity index (χ1n) is 11.3. The van der Waals surface area contributed by atoms with Gasteiger partial charge in [0.1, 0.15) is 5.82 Å². The van der Waals surface area contributed by atoms with Crippen LogP contribution in [0.2, 0.25) is 0 Å². The van der Waals surface area contributed by atoms with E-state index in [-0.39, 0.29) is 41.8 Å². The Morgan fingerprint density at radius 2 is 1.88 bits per heavy atom. The van der Waals surface area contributed by atoms with E-state index in [9.17, 15) is 9.50 Å². The Labute approximate surface area is 208 Å². The van der Waals surface area contributed by atoms with Gasteiger partial charge >= 0.3 is 0 Å². The molecule has 0 aliphatic carbocycles. The van der Waals surface area contributed by atoms with Gasteiger partial charge in [-0.2, -0.15) is 0 Å².